The van der Waals surface area contributed by atoms with Crippen LogP contribution in [0.4, 0.5) is 0 Å². The molecule has 0 heterocycles. The topological polar surface area (TPSA) is 26.3 Å². The summed E-state index contributed by atoms with van der Waals surface area (Å²) in [6.07, 6.45) is 17.9. The van der Waals surface area contributed by atoms with E-state index in [1.54, 1.807) is 0 Å². The van der Waals surface area contributed by atoms with E-state index in [-0.39, 0.29) is 41.6 Å². The van der Waals surface area contributed by atoms with Gasteiger partial charge in [0.25, 0.3) is 0 Å². The van der Waals surface area contributed by atoms with Gasteiger partial charge in [-0.3, -0.25) is 0 Å². The first kappa shape index (κ1) is 24.5. The Bertz CT molecular complexity index is 254. The molecule has 0 spiro atoms. The Hall–Kier alpha value is 0.210. The molecule has 1 unspecified atom stereocenters. The molecule has 0 saturated heterocycles. The van der Waals surface area contributed by atoms with E-state index in [4.69, 9.17) is 4.74 Å². The molecule has 0 rings (SSSR count). The summed E-state index contributed by atoms with van der Waals surface area (Å²) in [5.41, 5.74) is 0. The third-order valence-electron chi connectivity index (χ3n) is 3.83. The molecule has 0 bridgehead atoms. The molecule has 0 aromatic carbocycles. The zero-order chi connectivity index (χ0) is 15.8. The van der Waals surface area contributed by atoms with Gasteiger partial charge in [0.2, 0.25) is 0 Å². The van der Waals surface area contributed by atoms with Gasteiger partial charge >= 0.3 is 35.5 Å². The molecule has 0 fully saturated rings. The number of carbonyl (C=O) groups excluding carboxylic acids is 1. The van der Waals surface area contributed by atoms with Crippen molar-refractivity contribution in [2.45, 2.75) is 96.5 Å². The molecule has 22 heavy (non-hydrogen) atoms. The van der Waals surface area contributed by atoms with Crippen LogP contribution >= 0.6 is 0 Å². The number of rotatable bonds is 15. The van der Waals surface area contributed by atoms with E-state index in [1.807, 2.05) is 0 Å². The molecule has 0 aliphatic carbocycles. The number of ether oxygens (including phenoxy) is 1. The van der Waals surface area contributed by atoms with Crippen LogP contribution in [-0.4, -0.2) is 12.1 Å². The molecule has 0 aromatic rings. The number of hydrogen-bond donors (Lipinski definition) is 0. The SMILES string of the molecule is C=CC(=O)OC([CH2-])CCCCCCCCCCCCCC.[Na+]. The van der Waals surface area contributed by atoms with Crippen molar-refractivity contribution in [3.05, 3.63) is 19.6 Å². The number of carbonyl (C=O) groups is 1. The van der Waals surface area contributed by atoms with E-state index in [9.17, 15) is 4.79 Å². The molecular weight excluding hydrogens is 283 g/mol. The third-order valence-corrected chi connectivity index (χ3v) is 3.83. The second kappa shape index (κ2) is 19.3. The molecule has 0 amide bonds. The average molecular weight is 318 g/mol. The van der Waals surface area contributed by atoms with Gasteiger partial charge < -0.3 is 11.7 Å². The minimum Gasteiger partial charge on any atom is -0.492 e. The van der Waals surface area contributed by atoms with Crippen LogP contribution in [-0.2, 0) is 9.53 Å². The summed E-state index contributed by atoms with van der Waals surface area (Å²) in [4.78, 5) is 11.0. The second-order valence-electron chi connectivity index (χ2n) is 5.94. The first-order valence-corrected chi connectivity index (χ1v) is 8.86. The maximum atomic E-state index is 11.0. The fourth-order valence-corrected chi connectivity index (χ4v) is 2.48. The summed E-state index contributed by atoms with van der Waals surface area (Å²) >= 11 is 0. The molecule has 0 saturated carbocycles. The van der Waals surface area contributed by atoms with Crippen molar-refractivity contribution in [1.82, 2.24) is 0 Å². The van der Waals surface area contributed by atoms with Gasteiger partial charge in [-0.25, -0.2) is 4.79 Å². The van der Waals surface area contributed by atoms with Crippen LogP contribution in [0.1, 0.15) is 90.4 Å². The minimum atomic E-state index is -0.367. The van der Waals surface area contributed by atoms with E-state index in [1.165, 1.54) is 76.7 Å². The maximum absolute atomic E-state index is 11.0. The van der Waals surface area contributed by atoms with E-state index in [0.29, 0.717) is 0 Å². The summed E-state index contributed by atoms with van der Waals surface area (Å²) in [6.45, 7) is 9.47. The van der Waals surface area contributed by atoms with Crippen LogP contribution in [0.2, 0.25) is 0 Å². The van der Waals surface area contributed by atoms with Gasteiger partial charge in [0.1, 0.15) is 0 Å². The van der Waals surface area contributed by atoms with Crippen molar-refractivity contribution in [2.24, 2.45) is 0 Å². The van der Waals surface area contributed by atoms with E-state index >= 15 is 0 Å². The Kier molecular flexibility index (Phi) is 21.4. The Morgan fingerprint density at radius 1 is 0.955 bits per heavy atom. The molecule has 0 radical (unpaired) electrons. The van der Waals surface area contributed by atoms with Gasteiger partial charge in [0.05, 0.1) is 0 Å². The zero-order valence-electron chi connectivity index (χ0n) is 15.1. The van der Waals surface area contributed by atoms with Crippen molar-refractivity contribution in [1.29, 1.82) is 0 Å². The Balaban J connectivity index is 0. The molecule has 0 N–H and O–H groups in total. The molecular formula is C19H35NaO2. The first-order chi connectivity index (χ1) is 10.2. The summed E-state index contributed by atoms with van der Waals surface area (Å²) in [6, 6.07) is 0. The van der Waals surface area contributed by atoms with Gasteiger partial charge in [-0.2, -0.15) is 0 Å². The fraction of sp³-hybridized carbons (Fsp3) is 0.789. The summed E-state index contributed by atoms with van der Waals surface area (Å²) in [7, 11) is 0. The molecule has 124 valence electrons. The standard InChI is InChI=1S/C19H35O2.Na/c1-4-6-7-8-9-10-11-12-13-14-15-16-17-18(3)21-19(20)5-2;/h5,18H,2-4,6-17H2,1H3;/q-1;+1. The van der Waals surface area contributed by atoms with E-state index in [2.05, 4.69) is 20.4 Å². The van der Waals surface area contributed by atoms with Gasteiger partial charge in [-0.1, -0.05) is 90.6 Å². The monoisotopic (exact) mass is 318 g/mol. The Labute approximate surface area is 160 Å². The fourth-order valence-electron chi connectivity index (χ4n) is 2.48. The van der Waals surface area contributed by atoms with Crippen LogP contribution in [0.15, 0.2) is 12.7 Å². The van der Waals surface area contributed by atoms with Crippen molar-refractivity contribution < 1.29 is 39.1 Å². The third kappa shape index (κ3) is 18.3. The zero-order valence-corrected chi connectivity index (χ0v) is 17.1. The Morgan fingerprint density at radius 3 is 1.77 bits per heavy atom. The molecule has 0 aromatic heterocycles. The van der Waals surface area contributed by atoms with Crippen molar-refractivity contribution in [3.8, 4) is 0 Å². The predicted molar refractivity (Wildman–Crippen MR) is 91.1 cm³/mol. The number of hydrogen-bond acceptors (Lipinski definition) is 2. The molecule has 0 aliphatic rings. The largest absolute Gasteiger partial charge is 1.00 e. The van der Waals surface area contributed by atoms with Crippen LogP contribution in [0, 0.1) is 6.92 Å². The van der Waals surface area contributed by atoms with Crippen molar-refractivity contribution in [2.75, 3.05) is 0 Å². The van der Waals surface area contributed by atoms with E-state index < -0.39 is 0 Å². The summed E-state index contributed by atoms with van der Waals surface area (Å²) in [5, 5.41) is 0. The molecule has 3 heteroatoms. The van der Waals surface area contributed by atoms with Crippen LogP contribution in [0.5, 0.6) is 0 Å². The van der Waals surface area contributed by atoms with Crippen LogP contribution in [0.3, 0.4) is 0 Å². The van der Waals surface area contributed by atoms with E-state index in [0.717, 1.165) is 12.8 Å². The van der Waals surface area contributed by atoms with Gasteiger partial charge in [-0.15, -0.1) is 0 Å². The van der Waals surface area contributed by atoms with Gasteiger partial charge in [0.15, 0.2) is 0 Å². The quantitative estimate of drug-likeness (QED) is 0.153. The summed E-state index contributed by atoms with van der Waals surface area (Å²) in [5.74, 6) is -0.367. The average Bonchev–Trinajstić information content (AvgIpc) is 2.48. The predicted octanol–water partition coefficient (Wildman–Crippen LogP) is 3.01. The van der Waals surface area contributed by atoms with Gasteiger partial charge in [0, 0.05) is 6.08 Å². The maximum Gasteiger partial charge on any atom is 1.00 e. The summed E-state index contributed by atoms with van der Waals surface area (Å²) < 4.78 is 5.03. The molecule has 2 nitrogen and oxygen atoms in total. The molecule has 0 aliphatic heterocycles. The Morgan fingerprint density at radius 2 is 1.36 bits per heavy atom. The second-order valence-corrected chi connectivity index (χ2v) is 5.94. The van der Waals surface area contributed by atoms with Crippen molar-refractivity contribution in [3.63, 3.8) is 0 Å². The first-order valence-electron chi connectivity index (χ1n) is 8.86. The number of unbranched alkanes of at least 4 members (excludes halogenated alkanes) is 11. The van der Waals surface area contributed by atoms with Crippen molar-refractivity contribution >= 4 is 5.97 Å². The normalized spacial score (nSPS) is 11.5. The van der Waals surface area contributed by atoms with Gasteiger partial charge in [-0.05, 0) is 12.5 Å². The minimum absolute atomic E-state index is 0. The smallest absolute Gasteiger partial charge is 0.492 e. The number of esters is 1. The van der Waals surface area contributed by atoms with Crippen LogP contribution in [0.25, 0.3) is 0 Å². The molecule has 1 atom stereocenters. The van der Waals surface area contributed by atoms with Crippen LogP contribution < -0.4 is 29.6 Å².